The average Bonchev–Trinajstić information content (AvgIpc) is 2.80. The first-order chi connectivity index (χ1) is 8.20. The van der Waals surface area contributed by atoms with Gasteiger partial charge in [-0.2, -0.15) is 0 Å². The van der Waals surface area contributed by atoms with Gasteiger partial charge in [-0.15, -0.1) is 11.3 Å². The monoisotopic (exact) mass is 255 g/mol. The second-order valence-corrected chi connectivity index (χ2v) is 5.76. The minimum absolute atomic E-state index is 0.0901. The van der Waals surface area contributed by atoms with E-state index < -0.39 is 0 Å². The van der Waals surface area contributed by atoms with Crippen LogP contribution in [0.3, 0.4) is 0 Å². The third kappa shape index (κ3) is 3.18. The molecule has 1 aromatic rings. The number of piperidine rings is 1. The zero-order valence-corrected chi connectivity index (χ0v) is 11.4. The number of thiazole rings is 1. The molecule has 0 spiro atoms. The smallest absolute Gasteiger partial charge is 0.185 e. The molecule has 1 aromatic heterocycles. The standard InChI is InChI=1S/C12H21N3OS/c1-9(13)11-7-14-12(17-11)15-5-3-10(4-6-15)8-16-2/h7,9-10H,3-6,8,13H2,1-2H3. The van der Waals surface area contributed by atoms with Crippen LogP contribution in [0.4, 0.5) is 5.13 Å². The van der Waals surface area contributed by atoms with Crippen molar-refractivity contribution in [2.24, 2.45) is 11.7 Å². The summed E-state index contributed by atoms with van der Waals surface area (Å²) in [5, 5.41) is 1.12. The summed E-state index contributed by atoms with van der Waals surface area (Å²) >= 11 is 1.72. The number of hydrogen-bond acceptors (Lipinski definition) is 5. The van der Waals surface area contributed by atoms with Crippen LogP contribution in [0.1, 0.15) is 30.7 Å². The molecule has 0 radical (unpaired) electrons. The second-order valence-electron chi connectivity index (χ2n) is 4.72. The summed E-state index contributed by atoms with van der Waals surface area (Å²) in [6, 6.07) is 0.0901. The fraction of sp³-hybridized carbons (Fsp3) is 0.750. The molecule has 1 atom stereocenters. The van der Waals surface area contributed by atoms with Gasteiger partial charge in [-0.3, -0.25) is 0 Å². The third-order valence-corrected chi connectivity index (χ3v) is 4.51. The summed E-state index contributed by atoms with van der Waals surface area (Å²) in [7, 11) is 1.78. The Kier molecular flexibility index (Phi) is 4.36. The van der Waals surface area contributed by atoms with Gasteiger partial charge < -0.3 is 15.4 Å². The summed E-state index contributed by atoms with van der Waals surface area (Å²) < 4.78 is 5.21. The van der Waals surface area contributed by atoms with Crippen LogP contribution < -0.4 is 10.6 Å². The molecule has 0 amide bonds. The SMILES string of the molecule is COCC1CCN(c2ncc(C(C)N)s2)CC1. The van der Waals surface area contributed by atoms with Crippen LogP contribution in [-0.4, -0.2) is 31.8 Å². The summed E-state index contributed by atoms with van der Waals surface area (Å²) in [4.78, 5) is 7.99. The van der Waals surface area contributed by atoms with Gasteiger partial charge in [0.25, 0.3) is 0 Å². The van der Waals surface area contributed by atoms with Gasteiger partial charge in [0.2, 0.25) is 0 Å². The molecule has 1 unspecified atom stereocenters. The molecule has 1 aliphatic rings. The summed E-state index contributed by atoms with van der Waals surface area (Å²) in [6.45, 7) is 5.05. The number of hydrogen-bond donors (Lipinski definition) is 1. The number of ether oxygens (including phenoxy) is 1. The van der Waals surface area contributed by atoms with Gasteiger partial charge in [-0.05, 0) is 25.7 Å². The predicted octanol–water partition coefficient (Wildman–Crippen LogP) is 2.03. The molecular weight excluding hydrogens is 234 g/mol. The first-order valence-corrected chi connectivity index (χ1v) is 6.97. The van der Waals surface area contributed by atoms with Crippen LogP contribution in [-0.2, 0) is 4.74 Å². The molecule has 1 aliphatic heterocycles. The van der Waals surface area contributed by atoms with Crippen LogP contribution in [0.2, 0.25) is 0 Å². The first kappa shape index (κ1) is 12.8. The molecule has 1 fully saturated rings. The van der Waals surface area contributed by atoms with Crippen LogP contribution >= 0.6 is 11.3 Å². The number of rotatable bonds is 4. The van der Waals surface area contributed by atoms with Crippen molar-refractivity contribution in [3.8, 4) is 0 Å². The lowest BCUT2D eigenvalue weighted by Gasteiger charge is -2.31. The molecule has 0 aliphatic carbocycles. The minimum Gasteiger partial charge on any atom is -0.384 e. The van der Waals surface area contributed by atoms with E-state index in [4.69, 9.17) is 10.5 Å². The van der Waals surface area contributed by atoms with E-state index in [1.165, 1.54) is 17.7 Å². The highest BCUT2D eigenvalue weighted by atomic mass is 32.1. The third-order valence-electron chi connectivity index (χ3n) is 3.25. The molecule has 5 heteroatoms. The Balaban J connectivity index is 1.91. The van der Waals surface area contributed by atoms with Crippen LogP contribution in [0.5, 0.6) is 0 Å². The lowest BCUT2D eigenvalue weighted by molar-refractivity contribution is 0.139. The number of aromatic nitrogens is 1. The van der Waals surface area contributed by atoms with E-state index in [1.807, 2.05) is 13.1 Å². The first-order valence-electron chi connectivity index (χ1n) is 6.16. The maximum atomic E-state index is 5.85. The van der Waals surface area contributed by atoms with E-state index in [1.54, 1.807) is 18.4 Å². The number of nitrogens with two attached hydrogens (primary N) is 1. The van der Waals surface area contributed by atoms with Crippen molar-refractivity contribution in [3.63, 3.8) is 0 Å². The lowest BCUT2D eigenvalue weighted by atomic mass is 9.98. The van der Waals surface area contributed by atoms with E-state index in [0.29, 0.717) is 5.92 Å². The van der Waals surface area contributed by atoms with Crippen molar-refractivity contribution in [3.05, 3.63) is 11.1 Å². The maximum Gasteiger partial charge on any atom is 0.185 e. The summed E-state index contributed by atoms with van der Waals surface area (Å²) in [6.07, 6.45) is 4.30. The largest absolute Gasteiger partial charge is 0.384 e. The molecule has 17 heavy (non-hydrogen) atoms. The Hall–Kier alpha value is -0.650. The topological polar surface area (TPSA) is 51.4 Å². The van der Waals surface area contributed by atoms with E-state index in [-0.39, 0.29) is 6.04 Å². The quantitative estimate of drug-likeness (QED) is 0.894. The Morgan fingerprint density at radius 1 is 1.59 bits per heavy atom. The Bertz CT molecular complexity index is 345. The van der Waals surface area contributed by atoms with E-state index in [2.05, 4.69) is 9.88 Å². The lowest BCUT2D eigenvalue weighted by Crippen LogP contribution is -2.34. The highest BCUT2D eigenvalue weighted by molar-refractivity contribution is 7.15. The van der Waals surface area contributed by atoms with Crippen molar-refractivity contribution in [1.29, 1.82) is 0 Å². The fourth-order valence-corrected chi connectivity index (χ4v) is 3.08. The van der Waals surface area contributed by atoms with Crippen molar-refractivity contribution in [2.75, 3.05) is 31.7 Å². The maximum absolute atomic E-state index is 5.85. The molecule has 0 aromatic carbocycles. The van der Waals surface area contributed by atoms with Crippen LogP contribution in [0, 0.1) is 5.92 Å². The van der Waals surface area contributed by atoms with Crippen molar-refractivity contribution in [2.45, 2.75) is 25.8 Å². The Morgan fingerprint density at radius 3 is 2.82 bits per heavy atom. The number of anilines is 1. The van der Waals surface area contributed by atoms with Gasteiger partial charge >= 0.3 is 0 Å². The average molecular weight is 255 g/mol. The van der Waals surface area contributed by atoms with E-state index >= 15 is 0 Å². The molecule has 1 saturated heterocycles. The molecule has 2 rings (SSSR count). The van der Waals surface area contributed by atoms with Crippen LogP contribution in [0.15, 0.2) is 6.20 Å². The van der Waals surface area contributed by atoms with E-state index in [9.17, 15) is 0 Å². The van der Waals surface area contributed by atoms with Gasteiger partial charge in [0.1, 0.15) is 0 Å². The molecular formula is C12H21N3OS. The summed E-state index contributed by atoms with van der Waals surface area (Å²) in [5.74, 6) is 0.712. The number of methoxy groups -OCH3 is 1. The fourth-order valence-electron chi connectivity index (χ4n) is 2.16. The minimum atomic E-state index is 0.0901. The Labute approximate surface area is 107 Å². The number of nitrogens with zero attached hydrogens (tertiary/aromatic N) is 2. The van der Waals surface area contributed by atoms with Gasteiger partial charge in [-0.1, -0.05) is 0 Å². The predicted molar refractivity (Wildman–Crippen MR) is 71.5 cm³/mol. The second kappa shape index (κ2) is 5.80. The van der Waals surface area contributed by atoms with Gasteiger partial charge in [0.15, 0.2) is 5.13 Å². The van der Waals surface area contributed by atoms with Gasteiger partial charge in [0, 0.05) is 43.9 Å². The van der Waals surface area contributed by atoms with Crippen molar-refractivity contribution in [1.82, 2.24) is 4.98 Å². The normalized spacial score (nSPS) is 19.6. The van der Waals surface area contributed by atoms with Crippen LogP contribution in [0.25, 0.3) is 0 Å². The van der Waals surface area contributed by atoms with Crippen molar-refractivity contribution >= 4 is 16.5 Å². The van der Waals surface area contributed by atoms with Gasteiger partial charge in [-0.25, -0.2) is 4.98 Å². The van der Waals surface area contributed by atoms with Gasteiger partial charge in [0.05, 0.1) is 0 Å². The highest BCUT2D eigenvalue weighted by Crippen LogP contribution is 2.29. The summed E-state index contributed by atoms with van der Waals surface area (Å²) in [5.41, 5.74) is 5.85. The molecule has 0 bridgehead atoms. The molecule has 2 N–H and O–H groups in total. The Morgan fingerprint density at radius 2 is 2.29 bits per heavy atom. The molecule has 96 valence electrons. The zero-order valence-electron chi connectivity index (χ0n) is 10.6. The molecule has 4 nitrogen and oxygen atoms in total. The molecule has 2 heterocycles. The van der Waals surface area contributed by atoms with Crippen molar-refractivity contribution < 1.29 is 4.74 Å². The molecule has 0 saturated carbocycles. The highest BCUT2D eigenvalue weighted by Gasteiger charge is 2.21. The zero-order chi connectivity index (χ0) is 12.3. The van der Waals surface area contributed by atoms with E-state index in [0.717, 1.165) is 24.8 Å².